The lowest BCUT2D eigenvalue weighted by Gasteiger charge is -2.07. The third kappa shape index (κ3) is 8.74. The molecule has 0 saturated carbocycles. The normalized spacial score (nSPS) is 10.8. The van der Waals surface area contributed by atoms with Crippen LogP contribution in [0, 0.1) is 0 Å². The van der Waals surface area contributed by atoms with Gasteiger partial charge in [0.15, 0.2) is 0 Å². The van der Waals surface area contributed by atoms with E-state index in [9.17, 15) is 4.79 Å². The van der Waals surface area contributed by atoms with Gasteiger partial charge in [0, 0.05) is 17.6 Å². The second-order valence-corrected chi connectivity index (χ2v) is 7.76. The van der Waals surface area contributed by atoms with Crippen molar-refractivity contribution in [3.63, 3.8) is 0 Å². The molecule has 0 radical (unpaired) electrons. The van der Waals surface area contributed by atoms with E-state index in [1.807, 2.05) is 48.5 Å². The van der Waals surface area contributed by atoms with E-state index in [0.717, 1.165) is 36.9 Å². The average molecular weight is 494 g/mol. The molecule has 0 N–H and O–H groups in total. The molecule has 2 rings (SSSR count). The van der Waals surface area contributed by atoms with Gasteiger partial charge >= 0.3 is 5.97 Å². The Morgan fingerprint density at radius 2 is 1.46 bits per heavy atom. The van der Waals surface area contributed by atoms with Gasteiger partial charge in [-0.1, -0.05) is 73.0 Å². The van der Waals surface area contributed by atoms with Crippen molar-refractivity contribution >= 4 is 28.6 Å². The van der Waals surface area contributed by atoms with E-state index in [4.69, 9.17) is 9.47 Å². The van der Waals surface area contributed by atoms with Gasteiger partial charge in [0.05, 0.1) is 5.56 Å². The Morgan fingerprint density at radius 1 is 0.821 bits per heavy atom. The standard InChI is InChI=1S/C24H31IO3/c1-2-3-6-17-27-18-7-4-5-8-20-9-13-22(14-10-20)24(26)28-23-15-11-21(19-25)12-16-23/h9-16H,2-8,17-19H2,1H3. The van der Waals surface area contributed by atoms with E-state index >= 15 is 0 Å². The first-order valence-electron chi connectivity index (χ1n) is 10.3. The van der Waals surface area contributed by atoms with Crippen LogP contribution in [0.5, 0.6) is 5.75 Å². The van der Waals surface area contributed by atoms with Crippen LogP contribution < -0.4 is 4.74 Å². The number of carbonyl (C=O) groups is 1. The summed E-state index contributed by atoms with van der Waals surface area (Å²) in [6, 6.07) is 15.4. The van der Waals surface area contributed by atoms with Gasteiger partial charge in [0.1, 0.15) is 5.75 Å². The van der Waals surface area contributed by atoms with Crippen molar-refractivity contribution in [2.75, 3.05) is 13.2 Å². The van der Waals surface area contributed by atoms with Crippen molar-refractivity contribution in [1.82, 2.24) is 0 Å². The molecule has 0 aliphatic carbocycles. The van der Waals surface area contributed by atoms with Crippen molar-refractivity contribution < 1.29 is 14.3 Å². The van der Waals surface area contributed by atoms with Crippen LogP contribution in [0.25, 0.3) is 0 Å². The Bertz CT molecular complexity index is 680. The molecule has 0 spiro atoms. The molecular weight excluding hydrogens is 463 g/mol. The first-order valence-corrected chi connectivity index (χ1v) is 11.8. The van der Waals surface area contributed by atoms with Gasteiger partial charge in [-0.05, 0) is 61.1 Å². The fourth-order valence-corrected chi connectivity index (χ4v) is 3.39. The Labute approximate surface area is 183 Å². The van der Waals surface area contributed by atoms with Gasteiger partial charge in [0.2, 0.25) is 0 Å². The molecule has 3 nitrogen and oxygen atoms in total. The quantitative estimate of drug-likeness (QED) is 0.102. The second kappa shape index (κ2) is 13.7. The average Bonchev–Trinajstić information content (AvgIpc) is 2.73. The predicted molar refractivity (Wildman–Crippen MR) is 123 cm³/mol. The second-order valence-electron chi connectivity index (χ2n) is 6.99. The summed E-state index contributed by atoms with van der Waals surface area (Å²) in [5, 5.41) is 0. The van der Waals surface area contributed by atoms with Crippen LogP contribution in [0.3, 0.4) is 0 Å². The summed E-state index contributed by atoms with van der Waals surface area (Å²) in [6.07, 6.45) is 8.14. The van der Waals surface area contributed by atoms with Gasteiger partial charge in [-0.15, -0.1) is 0 Å². The molecule has 0 heterocycles. The van der Waals surface area contributed by atoms with E-state index < -0.39 is 0 Å². The summed E-state index contributed by atoms with van der Waals surface area (Å²) in [5.74, 6) is 0.272. The number of alkyl halides is 1. The fraction of sp³-hybridized carbons (Fsp3) is 0.458. The molecule has 0 aliphatic rings. The van der Waals surface area contributed by atoms with E-state index in [0.29, 0.717) is 11.3 Å². The first-order chi connectivity index (χ1) is 13.7. The summed E-state index contributed by atoms with van der Waals surface area (Å²) in [5.41, 5.74) is 3.06. The maximum absolute atomic E-state index is 12.3. The molecule has 0 saturated heterocycles. The molecule has 0 aromatic heterocycles. The van der Waals surface area contributed by atoms with Crippen molar-refractivity contribution in [1.29, 1.82) is 0 Å². The van der Waals surface area contributed by atoms with Crippen molar-refractivity contribution in [2.24, 2.45) is 0 Å². The zero-order valence-corrected chi connectivity index (χ0v) is 19.0. The molecule has 2 aromatic rings. The molecule has 28 heavy (non-hydrogen) atoms. The molecule has 0 atom stereocenters. The Kier molecular flexibility index (Phi) is 11.2. The summed E-state index contributed by atoms with van der Waals surface area (Å²) in [7, 11) is 0. The number of hydrogen-bond acceptors (Lipinski definition) is 3. The highest BCUT2D eigenvalue weighted by atomic mass is 127. The Hall–Kier alpha value is -1.40. The lowest BCUT2D eigenvalue weighted by molar-refractivity contribution is 0.0734. The van der Waals surface area contributed by atoms with Crippen molar-refractivity contribution in [2.45, 2.75) is 56.3 Å². The zero-order chi connectivity index (χ0) is 20.0. The molecule has 0 aliphatic heterocycles. The predicted octanol–water partition coefficient (Wildman–Crippen LogP) is 6.76. The highest BCUT2D eigenvalue weighted by molar-refractivity contribution is 14.1. The number of aryl methyl sites for hydroxylation is 1. The highest BCUT2D eigenvalue weighted by Crippen LogP contribution is 2.16. The smallest absolute Gasteiger partial charge is 0.343 e. The van der Waals surface area contributed by atoms with Gasteiger partial charge in [-0.2, -0.15) is 0 Å². The number of ether oxygens (including phenoxy) is 2. The number of rotatable bonds is 13. The molecule has 0 amide bonds. The number of unbranched alkanes of at least 4 members (excludes halogenated alkanes) is 4. The first kappa shape index (κ1) is 22.9. The Morgan fingerprint density at radius 3 is 2.11 bits per heavy atom. The molecule has 0 unspecified atom stereocenters. The highest BCUT2D eigenvalue weighted by Gasteiger charge is 2.08. The van der Waals surface area contributed by atoms with Gasteiger partial charge in [-0.25, -0.2) is 4.79 Å². The maximum Gasteiger partial charge on any atom is 0.343 e. The SMILES string of the molecule is CCCCCOCCCCCc1ccc(C(=O)Oc2ccc(CI)cc2)cc1. The fourth-order valence-electron chi connectivity index (χ4n) is 2.89. The molecular formula is C24H31IO3. The zero-order valence-electron chi connectivity index (χ0n) is 16.8. The summed E-state index contributed by atoms with van der Waals surface area (Å²) >= 11 is 2.31. The minimum atomic E-state index is -0.311. The number of benzene rings is 2. The third-order valence-electron chi connectivity index (χ3n) is 4.62. The summed E-state index contributed by atoms with van der Waals surface area (Å²) < 4.78 is 12.0. The van der Waals surface area contributed by atoms with E-state index in [1.54, 1.807) is 0 Å². The molecule has 2 aromatic carbocycles. The van der Waals surface area contributed by atoms with Crippen LogP contribution >= 0.6 is 22.6 Å². The van der Waals surface area contributed by atoms with Crippen LogP contribution in [0.2, 0.25) is 0 Å². The van der Waals surface area contributed by atoms with E-state index in [-0.39, 0.29) is 5.97 Å². The maximum atomic E-state index is 12.3. The third-order valence-corrected chi connectivity index (χ3v) is 5.50. The lowest BCUT2D eigenvalue weighted by atomic mass is 10.1. The number of carbonyl (C=O) groups excluding carboxylic acids is 1. The molecule has 4 heteroatoms. The number of esters is 1. The van der Waals surface area contributed by atoms with E-state index in [2.05, 4.69) is 29.5 Å². The van der Waals surface area contributed by atoms with Crippen LogP contribution in [0.4, 0.5) is 0 Å². The molecule has 0 bridgehead atoms. The largest absolute Gasteiger partial charge is 0.423 e. The molecule has 0 fully saturated rings. The number of halogens is 1. The van der Waals surface area contributed by atoms with Crippen LogP contribution in [-0.2, 0) is 15.6 Å². The van der Waals surface area contributed by atoms with Crippen LogP contribution in [0.1, 0.15) is 66.9 Å². The topological polar surface area (TPSA) is 35.5 Å². The summed E-state index contributed by atoms with van der Waals surface area (Å²) in [6.45, 7) is 3.97. The number of hydrogen-bond donors (Lipinski definition) is 0. The monoisotopic (exact) mass is 494 g/mol. The molecule has 152 valence electrons. The van der Waals surface area contributed by atoms with Crippen molar-refractivity contribution in [3.05, 3.63) is 65.2 Å². The van der Waals surface area contributed by atoms with Crippen molar-refractivity contribution in [3.8, 4) is 5.75 Å². The van der Waals surface area contributed by atoms with E-state index in [1.165, 1.54) is 36.8 Å². The lowest BCUT2D eigenvalue weighted by Crippen LogP contribution is -2.08. The summed E-state index contributed by atoms with van der Waals surface area (Å²) in [4.78, 5) is 12.3. The van der Waals surface area contributed by atoms with Crippen LogP contribution in [-0.4, -0.2) is 19.2 Å². The minimum Gasteiger partial charge on any atom is -0.423 e. The minimum absolute atomic E-state index is 0.311. The Balaban J connectivity index is 1.65. The van der Waals surface area contributed by atoms with Gasteiger partial charge in [-0.3, -0.25) is 0 Å². The van der Waals surface area contributed by atoms with Gasteiger partial charge < -0.3 is 9.47 Å². The van der Waals surface area contributed by atoms with Gasteiger partial charge in [0.25, 0.3) is 0 Å². The van der Waals surface area contributed by atoms with Crippen LogP contribution in [0.15, 0.2) is 48.5 Å².